The molecule has 0 N–H and O–H groups in total. The summed E-state index contributed by atoms with van der Waals surface area (Å²) in [6, 6.07) is 38.8. The van der Waals surface area contributed by atoms with Crippen LogP contribution >= 0.6 is 31.9 Å². The Morgan fingerprint density at radius 3 is 1.52 bits per heavy atom. The van der Waals surface area contributed by atoms with Gasteiger partial charge in [-0.25, -0.2) is 0 Å². The molecule has 0 saturated heterocycles. The molecule has 44 heavy (non-hydrogen) atoms. The van der Waals surface area contributed by atoms with Crippen molar-refractivity contribution in [1.82, 2.24) is 0 Å². The number of hydrogen-bond donors (Lipinski definition) is 0. The second kappa shape index (κ2) is 10.0. The van der Waals surface area contributed by atoms with E-state index in [0.717, 1.165) is 10.9 Å². The maximum Gasteiger partial charge on any atom is 0.0366 e. The van der Waals surface area contributed by atoms with E-state index in [-0.39, 0.29) is 10.8 Å². The van der Waals surface area contributed by atoms with E-state index in [4.69, 9.17) is 0 Å². The van der Waals surface area contributed by atoms with Crippen molar-refractivity contribution >= 4 is 37.4 Å². The summed E-state index contributed by atoms with van der Waals surface area (Å²) in [5.74, 6) is 0. The lowest BCUT2D eigenvalue weighted by molar-refractivity contribution is 0.656. The van der Waals surface area contributed by atoms with Crippen molar-refractivity contribution in [2.75, 3.05) is 0 Å². The molecule has 0 fully saturated rings. The average molecular weight is 699 g/mol. The van der Waals surface area contributed by atoms with E-state index in [1.54, 1.807) is 0 Å². The van der Waals surface area contributed by atoms with Gasteiger partial charge in [0.2, 0.25) is 0 Å². The van der Waals surface area contributed by atoms with Crippen molar-refractivity contribution in [2.24, 2.45) is 0 Å². The topological polar surface area (TPSA) is 0 Å². The third-order valence-corrected chi connectivity index (χ3v) is 11.4. The third kappa shape index (κ3) is 4.29. The molecule has 5 aromatic rings. The van der Waals surface area contributed by atoms with Crippen molar-refractivity contribution in [3.05, 3.63) is 148 Å². The fourth-order valence-electron chi connectivity index (χ4n) is 7.70. The monoisotopic (exact) mass is 696 g/mol. The molecule has 216 valence electrons. The SMILES string of the molecule is CC1(C)C2=CC(Br)CC=C2c2ccc(-c3ccc(-c4ccc(-c5ccc6c(c5)C(C)(C)c5cc(Br)ccc5-6)cc4)cc3)cc21. The first-order valence-electron chi connectivity index (χ1n) is 15.5. The van der Waals surface area contributed by atoms with Crippen molar-refractivity contribution < 1.29 is 0 Å². The van der Waals surface area contributed by atoms with Gasteiger partial charge in [-0.15, -0.1) is 0 Å². The number of benzene rings is 5. The number of fused-ring (bicyclic) bond motifs is 6. The second-order valence-corrected chi connectivity index (χ2v) is 15.7. The molecule has 0 aliphatic heterocycles. The van der Waals surface area contributed by atoms with Crippen LogP contribution in [-0.2, 0) is 10.8 Å². The maximum absolute atomic E-state index is 3.81. The molecule has 0 spiro atoms. The van der Waals surface area contributed by atoms with E-state index in [1.807, 2.05) is 0 Å². The lowest BCUT2D eigenvalue weighted by atomic mass is 9.80. The molecule has 0 amide bonds. The lowest BCUT2D eigenvalue weighted by Crippen LogP contribution is -2.17. The molecule has 0 saturated carbocycles. The molecule has 0 aromatic heterocycles. The molecule has 0 heterocycles. The summed E-state index contributed by atoms with van der Waals surface area (Å²) in [6.45, 7) is 9.40. The van der Waals surface area contributed by atoms with E-state index < -0.39 is 0 Å². The summed E-state index contributed by atoms with van der Waals surface area (Å²) >= 11 is 7.49. The van der Waals surface area contributed by atoms with Crippen LogP contribution < -0.4 is 0 Å². The quantitative estimate of drug-likeness (QED) is 0.165. The summed E-state index contributed by atoms with van der Waals surface area (Å²) in [5, 5.41) is 0. The van der Waals surface area contributed by atoms with Gasteiger partial charge in [0.1, 0.15) is 0 Å². The van der Waals surface area contributed by atoms with Crippen LogP contribution in [0.5, 0.6) is 0 Å². The molecule has 5 aromatic carbocycles. The van der Waals surface area contributed by atoms with Crippen molar-refractivity contribution in [1.29, 1.82) is 0 Å². The van der Waals surface area contributed by atoms with E-state index >= 15 is 0 Å². The second-order valence-electron chi connectivity index (χ2n) is 13.6. The van der Waals surface area contributed by atoms with Crippen molar-refractivity contribution in [3.8, 4) is 44.5 Å². The van der Waals surface area contributed by atoms with E-state index in [1.165, 1.54) is 77.9 Å². The van der Waals surface area contributed by atoms with Crippen LogP contribution in [0.3, 0.4) is 0 Å². The largest absolute Gasteiger partial charge is 0.0842 e. The highest BCUT2D eigenvalue weighted by Crippen LogP contribution is 2.53. The number of alkyl halides is 1. The first-order chi connectivity index (χ1) is 21.1. The molecular weight excluding hydrogens is 664 g/mol. The molecule has 0 nitrogen and oxygen atoms in total. The molecule has 3 aliphatic carbocycles. The van der Waals surface area contributed by atoms with Gasteiger partial charge >= 0.3 is 0 Å². The van der Waals surface area contributed by atoms with Crippen LogP contribution in [0.15, 0.2) is 125 Å². The predicted octanol–water partition coefficient (Wildman–Crippen LogP) is 12.5. The van der Waals surface area contributed by atoms with Gasteiger partial charge in [-0.05, 0) is 109 Å². The summed E-state index contributed by atoms with van der Waals surface area (Å²) in [4.78, 5) is 0.428. The molecule has 0 radical (unpaired) electrons. The highest BCUT2D eigenvalue weighted by Gasteiger charge is 2.39. The number of allylic oxidation sites excluding steroid dienone is 4. The zero-order valence-electron chi connectivity index (χ0n) is 25.5. The molecule has 1 atom stereocenters. The van der Waals surface area contributed by atoms with Gasteiger partial charge in [0.05, 0.1) is 0 Å². The number of halogens is 2. The van der Waals surface area contributed by atoms with E-state index in [2.05, 4.69) is 175 Å². The highest BCUT2D eigenvalue weighted by molar-refractivity contribution is 9.10. The van der Waals surface area contributed by atoms with Crippen LogP contribution in [0.25, 0.3) is 50.1 Å². The average Bonchev–Trinajstić information content (AvgIpc) is 3.39. The fraction of sp³-hybridized carbons (Fsp3) is 0.190. The van der Waals surface area contributed by atoms with Gasteiger partial charge in [-0.3, -0.25) is 0 Å². The third-order valence-electron chi connectivity index (χ3n) is 10.2. The number of hydrogen-bond acceptors (Lipinski definition) is 0. The lowest BCUT2D eigenvalue weighted by Gasteiger charge is -2.25. The molecule has 1 unspecified atom stereocenters. The van der Waals surface area contributed by atoms with Crippen LogP contribution in [-0.4, -0.2) is 4.83 Å². The summed E-state index contributed by atoms with van der Waals surface area (Å²) in [5.41, 5.74) is 18.7. The van der Waals surface area contributed by atoms with Gasteiger partial charge in [0.15, 0.2) is 0 Å². The Morgan fingerprint density at radius 2 is 0.955 bits per heavy atom. The van der Waals surface area contributed by atoms with Gasteiger partial charge < -0.3 is 0 Å². The standard InChI is InChI=1S/C42H34Br2/c1-41(2)37-21-29(13-17-33(37)35-19-15-31(43)23-39(35)41)27-9-5-25(6-10-27)26-7-11-28(12-8-26)30-14-18-34-36-20-16-32(44)24-40(36)42(3,4)38(34)22-30/h5-15,17-24,32H,16H2,1-4H3. The van der Waals surface area contributed by atoms with Crippen LogP contribution in [0.2, 0.25) is 0 Å². The minimum absolute atomic E-state index is 0.0149. The minimum Gasteiger partial charge on any atom is -0.0842 e. The smallest absolute Gasteiger partial charge is 0.0366 e. The van der Waals surface area contributed by atoms with E-state index in [0.29, 0.717) is 4.83 Å². The van der Waals surface area contributed by atoms with Crippen molar-refractivity contribution in [3.63, 3.8) is 0 Å². The zero-order valence-corrected chi connectivity index (χ0v) is 28.7. The Balaban J connectivity index is 1.06. The van der Waals surface area contributed by atoms with E-state index in [9.17, 15) is 0 Å². The van der Waals surface area contributed by atoms with Gasteiger partial charge in [-0.2, -0.15) is 0 Å². The highest BCUT2D eigenvalue weighted by atomic mass is 79.9. The Kier molecular flexibility index (Phi) is 6.39. The summed E-state index contributed by atoms with van der Waals surface area (Å²) < 4.78 is 1.14. The van der Waals surface area contributed by atoms with Crippen molar-refractivity contribution in [2.45, 2.75) is 49.8 Å². The van der Waals surface area contributed by atoms with Crippen LogP contribution in [0, 0.1) is 0 Å². The van der Waals surface area contributed by atoms with Gasteiger partial charge in [-0.1, -0.05) is 151 Å². The molecule has 2 heteroatoms. The first kappa shape index (κ1) is 28.0. The maximum atomic E-state index is 3.81. The molecule has 3 aliphatic rings. The first-order valence-corrected chi connectivity index (χ1v) is 17.2. The molecule has 0 bridgehead atoms. The Labute approximate surface area is 277 Å². The predicted molar refractivity (Wildman–Crippen MR) is 194 cm³/mol. The van der Waals surface area contributed by atoms with Gasteiger partial charge in [0.25, 0.3) is 0 Å². The molecular formula is C42H34Br2. The normalized spacial score (nSPS) is 18.5. The fourth-order valence-corrected chi connectivity index (χ4v) is 8.51. The zero-order chi connectivity index (χ0) is 30.4. The molecule has 8 rings (SSSR count). The van der Waals surface area contributed by atoms with Gasteiger partial charge in [0, 0.05) is 20.1 Å². The number of rotatable bonds is 3. The van der Waals surface area contributed by atoms with Crippen LogP contribution in [0.1, 0.15) is 56.4 Å². The minimum atomic E-state index is -0.0236. The Bertz CT molecular complexity index is 2040. The Morgan fingerprint density at radius 1 is 0.523 bits per heavy atom. The van der Waals surface area contributed by atoms with Crippen LogP contribution in [0.4, 0.5) is 0 Å². The summed E-state index contributed by atoms with van der Waals surface area (Å²) in [7, 11) is 0. The Hall–Kier alpha value is -3.46. The summed E-state index contributed by atoms with van der Waals surface area (Å²) in [6.07, 6.45) is 5.88.